The monoisotopic (exact) mass is 837 g/mol. The Balaban J connectivity index is 0.000000223. The molecule has 1 radical (unpaired) electrons. The zero-order valence-corrected chi connectivity index (χ0v) is 30.8. The van der Waals surface area contributed by atoms with Gasteiger partial charge >= 0.3 is 0 Å². The van der Waals surface area contributed by atoms with Gasteiger partial charge in [-0.05, 0) is 83.3 Å². The molecular formula is C45H40IrN2O2-2. The normalized spacial score (nSPS) is 15.8. The summed E-state index contributed by atoms with van der Waals surface area (Å²) in [6.45, 7) is 4.29. The van der Waals surface area contributed by atoms with Crippen LogP contribution in [0.2, 0.25) is 0 Å². The van der Waals surface area contributed by atoms with Gasteiger partial charge in [0, 0.05) is 54.1 Å². The SMILES string of the molecule is CC(C)(C)c1ccnc(-c2[c-]cccc2)c1.[2H]C([2H])([2H])c1cnc(-c2[c-]ccc3c2oc2cc4c(cc23)oc2ccccc24)cc1C1([2H])CCCCC1.[Ir]. The summed E-state index contributed by atoms with van der Waals surface area (Å²) in [6.07, 6.45) is 7.50. The number of nitrogens with zero attached hydrogens (tertiary/aromatic N) is 2. The maximum Gasteiger partial charge on any atom is 0.136 e. The van der Waals surface area contributed by atoms with Crippen molar-refractivity contribution in [3.8, 4) is 22.5 Å². The van der Waals surface area contributed by atoms with Crippen LogP contribution in [0.5, 0.6) is 0 Å². The number of furan rings is 2. The van der Waals surface area contributed by atoms with Gasteiger partial charge in [-0.1, -0.05) is 81.3 Å². The molecule has 0 amide bonds. The minimum Gasteiger partial charge on any atom is -0.501 e. The molecule has 0 aliphatic heterocycles. The van der Waals surface area contributed by atoms with Crippen molar-refractivity contribution in [1.29, 1.82) is 0 Å². The van der Waals surface area contributed by atoms with Crippen LogP contribution in [0.4, 0.5) is 0 Å². The minimum absolute atomic E-state index is 0. The summed E-state index contributed by atoms with van der Waals surface area (Å²) in [5, 5.41) is 3.86. The molecule has 4 nitrogen and oxygen atoms in total. The van der Waals surface area contributed by atoms with E-state index in [0.717, 1.165) is 68.8 Å². The number of aromatic nitrogens is 2. The Kier molecular flexibility index (Phi) is 8.16. The Morgan fingerprint density at radius 3 is 2.30 bits per heavy atom. The van der Waals surface area contributed by atoms with Gasteiger partial charge in [0.25, 0.3) is 0 Å². The summed E-state index contributed by atoms with van der Waals surface area (Å²) >= 11 is 0. The first-order valence-corrected chi connectivity index (χ1v) is 17.0. The van der Waals surface area contributed by atoms with Crippen LogP contribution in [-0.4, -0.2) is 9.97 Å². The molecular weight excluding hydrogens is 793 g/mol. The van der Waals surface area contributed by atoms with E-state index in [0.29, 0.717) is 35.2 Å². The molecule has 0 N–H and O–H groups in total. The van der Waals surface area contributed by atoms with Gasteiger partial charge in [0.2, 0.25) is 0 Å². The number of rotatable bonds is 3. The fraction of sp³-hybridized carbons (Fsp3) is 0.244. The van der Waals surface area contributed by atoms with Crippen LogP contribution in [0.3, 0.4) is 0 Å². The van der Waals surface area contributed by atoms with E-state index in [9.17, 15) is 1.37 Å². The molecule has 9 rings (SSSR count). The predicted octanol–water partition coefficient (Wildman–Crippen LogP) is 12.5. The summed E-state index contributed by atoms with van der Waals surface area (Å²) in [6, 6.07) is 36.2. The summed E-state index contributed by atoms with van der Waals surface area (Å²) < 4.78 is 46.0. The first kappa shape index (κ1) is 29.2. The zero-order chi connectivity index (χ0) is 37.0. The van der Waals surface area contributed by atoms with Crippen molar-refractivity contribution in [2.45, 2.75) is 71.0 Å². The Bertz CT molecular complexity index is 2600. The second-order valence-corrected chi connectivity index (χ2v) is 13.9. The van der Waals surface area contributed by atoms with E-state index in [1.807, 2.05) is 79.0 Å². The number of aryl methyl sites for hydroxylation is 1. The van der Waals surface area contributed by atoms with Gasteiger partial charge < -0.3 is 18.8 Å². The van der Waals surface area contributed by atoms with Gasteiger partial charge in [0.05, 0.1) is 5.58 Å². The molecule has 1 aliphatic carbocycles. The molecule has 0 atom stereocenters. The van der Waals surface area contributed by atoms with Crippen molar-refractivity contribution in [1.82, 2.24) is 9.97 Å². The quantitative estimate of drug-likeness (QED) is 0.166. The van der Waals surface area contributed by atoms with E-state index in [1.165, 1.54) is 11.8 Å². The standard InChI is InChI=1S/C30H24NO2.C15H16N.Ir/c1-18-17-31-26(14-23(18)19-8-3-2-4-9-19)22-12-7-11-21-25-16-28-24(15-29(25)33-30(21)22)20-10-5-6-13-27(20)32-28;1-15(2,3)13-9-10-16-14(11-13)12-7-5-4-6-8-12;/h5-7,10-11,13-17,19H,2-4,8-9H2,1H3;4-7,9-11H,1-3H3;/q2*-1;/i1D3,19D;;. The number of fused-ring (bicyclic) bond motifs is 6. The summed E-state index contributed by atoms with van der Waals surface area (Å²) in [4.78, 5) is 8.95. The Morgan fingerprint density at radius 2 is 1.52 bits per heavy atom. The van der Waals surface area contributed by atoms with E-state index in [-0.39, 0.29) is 31.1 Å². The third-order valence-electron chi connectivity index (χ3n) is 9.54. The number of hydrogen-bond acceptors (Lipinski definition) is 4. The first-order chi connectivity index (χ1) is 25.4. The van der Waals surface area contributed by atoms with Crippen molar-refractivity contribution in [2.24, 2.45) is 0 Å². The summed E-state index contributed by atoms with van der Waals surface area (Å²) in [7, 11) is 0. The number of hydrogen-bond donors (Lipinski definition) is 0. The predicted molar refractivity (Wildman–Crippen MR) is 201 cm³/mol. The molecule has 0 spiro atoms. The van der Waals surface area contributed by atoms with Crippen LogP contribution in [0.25, 0.3) is 66.4 Å². The van der Waals surface area contributed by atoms with Gasteiger partial charge in [-0.25, -0.2) is 0 Å². The number of benzene rings is 4. The van der Waals surface area contributed by atoms with E-state index in [4.69, 9.17) is 12.9 Å². The molecule has 4 aromatic carbocycles. The van der Waals surface area contributed by atoms with Crippen molar-refractivity contribution in [2.75, 3.05) is 0 Å². The molecule has 4 heterocycles. The molecule has 0 unspecified atom stereocenters. The third kappa shape index (κ3) is 6.53. The van der Waals surface area contributed by atoms with E-state index in [1.54, 1.807) is 6.07 Å². The zero-order valence-electron chi connectivity index (χ0n) is 32.4. The van der Waals surface area contributed by atoms with Gasteiger partial charge in [-0.3, -0.25) is 0 Å². The van der Waals surface area contributed by atoms with E-state index >= 15 is 0 Å². The van der Waals surface area contributed by atoms with Crippen LogP contribution in [0.1, 0.15) is 80.9 Å². The summed E-state index contributed by atoms with van der Waals surface area (Å²) in [5.74, 6) is -0.938. The first-order valence-electron chi connectivity index (χ1n) is 19.0. The van der Waals surface area contributed by atoms with E-state index in [2.05, 4.69) is 55.0 Å². The second kappa shape index (κ2) is 14.0. The van der Waals surface area contributed by atoms with Gasteiger partial charge in [-0.2, -0.15) is 0 Å². The van der Waals surface area contributed by atoms with Crippen LogP contribution in [0.15, 0.2) is 112 Å². The average molecular weight is 837 g/mol. The molecule has 4 aromatic heterocycles. The molecule has 253 valence electrons. The topological polar surface area (TPSA) is 52.1 Å². The molecule has 1 aliphatic rings. The van der Waals surface area contributed by atoms with Gasteiger partial charge in [-0.15, -0.1) is 54.1 Å². The summed E-state index contributed by atoms with van der Waals surface area (Å²) in [5.41, 5.74) is 8.44. The average Bonchev–Trinajstić information content (AvgIpc) is 3.71. The van der Waals surface area contributed by atoms with E-state index < -0.39 is 12.7 Å². The van der Waals surface area contributed by atoms with Crippen molar-refractivity contribution in [3.05, 3.63) is 132 Å². The molecule has 0 bridgehead atoms. The van der Waals surface area contributed by atoms with Crippen molar-refractivity contribution < 1.29 is 34.4 Å². The van der Waals surface area contributed by atoms with Crippen LogP contribution in [-0.2, 0) is 25.5 Å². The van der Waals surface area contributed by atoms with Crippen molar-refractivity contribution in [3.63, 3.8) is 0 Å². The van der Waals surface area contributed by atoms with Crippen LogP contribution >= 0.6 is 0 Å². The Morgan fingerprint density at radius 1 is 0.740 bits per heavy atom. The second-order valence-electron chi connectivity index (χ2n) is 13.9. The smallest absolute Gasteiger partial charge is 0.136 e. The minimum atomic E-state index is -2.34. The van der Waals surface area contributed by atoms with Crippen LogP contribution in [0, 0.1) is 19.0 Å². The molecule has 5 heteroatoms. The molecule has 8 aromatic rings. The van der Waals surface area contributed by atoms with Crippen LogP contribution < -0.4 is 0 Å². The Labute approximate surface area is 312 Å². The fourth-order valence-corrected chi connectivity index (χ4v) is 6.88. The number of para-hydroxylation sites is 1. The van der Waals surface area contributed by atoms with Gasteiger partial charge in [0.15, 0.2) is 0 Å². The van der Waals surface area contributed by atoms with Crippen molar-refractivity contribution >= 4 is 43.9 Å². The Hall–Kier alpha value is -4.57. The number of pyridine rings is 2. The maximum atomic E-state index is 9.20. The largest absolute Gasteiger partial charge is 0.501 e. The fourth-order valence-electron chi connectivity index (χ4n) is 6.88. The molecule has 1 saturated carbocycles. The molecule has 1 fully saturated rings. The third-order valence-corrected chi connectivity index (χ3v) is 9.54. The molecule has 50 heavy (non-hydrogen) atoms. The molecule has 0 saturated heterocycles. The van der Waals surface area contributed by atoms with Gasteiger partial charge in [0.1, 0.15) is 16.7 Å². The maximum absolute atomic E-state index is 9.20.